The van der Waals surface area contributed by atoms with Crippen molar-refractivity contribution in [3.05, 3.63) is 11.9 Å². The molecule has 0 aromatic heterocycles. The lowest BCUT2D eigenvalue weighted by Gasteiger charge is -2.36. The lowest BCUT2D eigenvalue weighted by atomic mass is 9.65. The molecular weight excluding hydrogens is 210 g/mol. The molecule has 0 aromatic rings. The summed E-state index contributed by atoms with van der Waals surface area (Å²) in [5.74, 6) is 2.76. The van der Waals surface area contributed by atoms with E-state index >= 15 is 0 Å². The molecule has 94 valence electrons. The van der Waals surface area contributed by atoms with Gasteiger partial charge in [-0.2, -0.15) is 0 Å². The van der Waals surface area contributed by atoms with Crippen molar-refractivity contribution in [3.63, 3.8) is 0 Å². The Bertz CT molecular complexity index is 254. The Balaban J connectivity index is 1.77. The molecule has 2 aliphatic carbocycles. The van der Waals surface area contributed by atoms with Crippen molar-refractivity contribution in [2.75, 3.05) is 0 Å². The molecule has 2 aliphatic rings. The maximum Gasteiger partial charge on any atom is 0.0931 e. The van der Waals surface area contributed by atoms with Gasteiger partial charge < -0.3 is 0 Å². The van der Waals surface area contributed by atoms with Crippen molar-refractivity contribution in [2.45, 2.75) is 64.1 Å². The van der Waals surface area contributed by atoms with Gasteiger partial charge in [0.05, 0.1) is 13.7 Å². The van der Waals surface area contributed by atoms with Crippen molar-refractivity contribution in [2.24, 2.45) is 17.8 Å². The summed E-state index contributed by atoms with van der Waals surface area (Å²) < 4.78 is 12.8. The number of hydrogen-bond acceptors (Lipinski definition) is 0. The molecule has 0 heterocycles. The molecule has 17 heavy (non-hydrogen) atoms. The fourth-order valence-corrected chi connectivity index (χ4v) is 3.72. The Morgan fingerprint density at radius 2 is 1.41 bits per heavy atom. The van der Waals surface area contributed by atoms with Gasteiger partial charge in [-0.05, 0) is 50.4 Å². The molecule has 0 aliphatic heterocycles. The van der Waals surface area contributed by atoms with Crippen LogP contribution in [0.4, 0.5) is 4.39 Å². The standard InChI is InChI=1S/C15H24BF/c1-11(17)10-12-2-4-13(5-3-12)14-6-8-15(16)9-7-14/h10,12-15H,2-9H2,1H3/b11-10-. The molecule has 0 unspecified atom stereocenters. The zero-order chi connectivity index (χ0) is 12.3. The van der Waals surface area contributed by atoms with E-state index in [2.05, 4.69) is 0 Å². The van der Waals surface area contributed by atoms with E-state index in [0.717, 1.165) is 11.8 Å². The van der Waals surface area contributed by atoms with E-state index < -0.39 is 0 Å². The van der Waals surface area contributed by atoms with Gasteiger partial charge in [0.2, 0.25) is 0 Å². The summed E-state index contributed by atoms with van der Waals surface area (Å²) in [6.45, 7) is 1.56. The first-order valence-electron chi connectivity index (χ1n) is 7.24. The first-order valence-corrected chi connectivity index (χ1v) is 7.24. The van der Waals surface area contributed by atoms with Crippen LogP contribution in [0.15, 0.2) is 11.9 Å². The van der Waals surface area contributed by atoms with Gasteiger partial charge in [-0.15, -0.1) is 0 Å². The van der Waals surface area contributed by atoms with Gasteiger partial charge in [-0.25, -0.2) is 4.39 Å². The topological polar surface area (TPSA) is 0 Å². The number of rotatable bonds is 2. The van der Waals surface area contributed by atoms with Gasteiger partial charge in [-0.1, -0.05) is 37.6 Å². The highest BCUT2D eigenvalue weighted by Gasteiger charge is 2.29. The van der Waals surface area contributed by atoms with Crippen molar-refractivity contribution in [1.29, 1.82) is 0 Å². The zero-order valence-electron chi connectivity index (χ0n) is 11.0. The molecular formula is C15H24BF. The fourth-order valence-electron chi connectivity index (χ4n) is 3.72. The van der Waals surface area contributed by atoms with E-state index in [1.54, 1.807) is 6.92 Å². The molecule has 0 aromatic carbocycles. The average molecular weight is 234 g/mol. The molecule has 2 saturated carbocycles. The Hall–Kier alpha value is -0.265. The Morgan fingerprint density at radius 1 is 0.941 bits per heavy atom. The average Bonchev–Trinajstić information content (AvgIpc) is 2.30. The number of allylic oxidation sites excluding steroid dienone is 2. The van der Waals surface area contributed by atoms with Crippen LogP contribution in [0.5, 0.6) is 0 Å². The van der Waals surface area contributed by atoms with E-state index in [4.69, 9.17) is 7.85 Å². The Labute approximate surface area is 106 Å². The van der Waals surface area contributed by atoms with Crippen molar-refractivity contribution >= 4 is 7.85 Å². The second-order valence-electron chi connectivity index (χ2n) is 6.10. The van der Waals surface area contributed by atoms with E-state index in [0.29, 0.717) is 11.7 Å². The molecule has 0 saturated heterocycles. The minimum absolute atomic E-state index is 0.00269. The summed E-state index contributed by atoms with van der Waals surface area (Å²) in [7, 11) is 5.95. The van der Waals surface area contributed by atoms with Gasteiger partial charge in [0.1, 0.15) is 0 Å². The van der Waals surface area contributed by atoms with E-state index in [-0.39, 0.29) is 5.83 Å². The minimum Gasteiger partial charge on any atom is -0.212 e. The quantitative estimate of drug-likeness (QED) is 0.601. The summed E-state index contributed by atoms with van der Waals surface area (Å²) in [5, 5.41) is 0. The molecule has 2 rings (SSSR count). The van der Waals surface area contributed by atoms with Crippen LogP contribution in [0.1, 0.15) is 58.3 Å². The van der Waals surface area contributed by atoms with Crippen LogP contribution in [0.3, 0.4) is 0 Å². The molecule has 0 atom stereocenters. The first kappa shape index (κ1) is 13.2. The van der Waals surface area contributed by atoms with Gasteiger partial charge >= 0.3 is 0 Å². The van der Waals surface area contributed by atoms with Crippen LogP contribution in [0, 0.1) is 17.8 Å². The van der Waals surface area contributed by atoms with Crippen LogP contribution < -0.4 is 0 Å². The molecule has 0 bridgehead atoms. The predicted octanol–water partition coefficient (Wildman–Crippen LogP) is 4.81. The highest BCUT2D eigenvalue weighted by Crippen LogP contribution is 2.42. The van der Waals surface area contributed by atoms with E-state index in [1.807, 2.05) is 6.08 Å². The Morgan fingerprint density at radius 3 is 1.88 bits per heavy atom. The maximum absolute atomic E-state index is 12.8. The van der Waals surface area contributed by atoms with Crippen molar-refractivity contribution in [1.82, 2.24) is 0 Å². The summed E-state index contributed by atoms with van der Waals surface area (Å²) in [4.78, 5) is 0. The third-order valence-corrected chi connectivity index (χ3v) is 4.77. The minimum atomic E-state index is -0.00269. The second kappa shape index (κ2) is 6.06. The van der Waals surface area contributed by atoms with Crippen molar-refractivity contribution < 1.29 is 4.39 Å². The number of halogens is 1. The highest BCUT2D eigenvalue weighted by molar-refractivity contribution is 6.11. The van der Waals surface area contributed by atoms with Crippen LogP contribution in [-0.2, 0) is 0 Å². The number of hydrogen-bond donors (Lipinski definition) is 0. The first-order chi connectivity index (χ1) is 8.15. The normalized spacial score (nSPS) is 40.2. The molecule has 2 fully saturated rings. The zero-order valence-corrected chi connectivity index (χ0v) is 11.0. The smallest absolute Gasteiger partial charge is 0.0931 e. The molecule has 2 heteroatoms. The van der Waals surface area contributed by atoms with Crippen molar-refractivity contribution in [3.8, 4) is 0 Å². The fraction of sp³-hybridized carbons (Fsp3) is 0.867. The van der Waals surface area contributed by atoms with Crippen LogP contribution in [-0.4, -0.2) is 7.85 Å². The summed E-state index contributed by atoms with van der Waals surface area (Å²) >= 11 is 0. The summed E-state index contributed by atoms with van der Waals surface area (Å²) in [6.07, 6.45) is 11.9. The van der Waals surface area contributed by atoms with Gasteiger partial charge in [0.25, 0.3) is 0 Å². The van der Waals surface area contributed by atoms with E-state index in [1.165, 1.54) is 51.4 Å². The van der Waals surface area contributed by atoms with Gasteiger partial charge in [0, 0.05) is 0 Å². The summed E-state index contributed by atoms with van der Waals surface area (Å²) in [5.41, 5.74) is 0. The van der Waals surface area contributed by atoms with Gasteiger partial charge in [0.15, 0.2) is 0 Å². The van der Waals surface area contributed by atoms with Gasteiger partial charge in [-0.3, -0.25) is 0 Å². The second-order valence-corrected chi connectivity index (χ2v) is 6.10. The third kappa shape index (κ3) is 3.86. The van der Waals surface area contributed by atoms with Crippen LogP contribution >= 0.6 is 0 Å². The summed E-state index contributed by atoms with van der Waals surface area (Å²) in [6, 6.07) is 0. The lowest BCUT2D eigenvalue weighted by molar-refractivity contribution is 0.179. The van der Waals surface area contributed by atoms with E-state index in [9.17, 15) is 4.39 Å². The SMILES string of the molecule is [B]C1CCC(C2CCC(/C=C(/C)F)CC2)CC1. The molecule has 0 nitrogen and oxygen atoms in total. The maximum atomic E-state index is 12.8. The predicted molar refractivity (Wildman–Crippen MR) is 71.8 cm³/mol. The highest BCUT2D eigenvalue weighted by atomic mass is 19.1. The van der Waals surface area contributed by atoms with Crippen LogP contribution in [0.25, 0.3) is 0 Å². The van der Waals surface area contributed by atoms with Crippen LogP contribution in [0.2, 0.25) is 5.82 Å². The lowest BCUT2D eigenvalue weighted by Crippen LogP contribution is -2.24. The molecule has 0 amide bonds. The molecule has 0 spiro atoms. The molecule has 2 radical (unpaired) electrons. The third-order valence-electron chi connectivity index (χ3n) is 4.77. The Kier molecular flexibility index (Phi) is 4.70. The largest absolute Gasteiger partial charge is 0.212 e. The monoisotopic (exact) mass is 234 g/mol. The molecule has 0 N–H and O–H groups in total.